The van der Waals surface area contributed by atoms with Crippen LogP contribution in [0.2, 0.25) is 0 Å². The number of aromatic nitrogens is 5. The van der Waals surface area contributed by atoms with Crippen LogP contribution in [0.5, 0.6) is 5.75 Å². The van der Waals surface area contributed by atoms with Gasteiger partial charge in [0, 0.05) is 29.2 Å². The van der Waals surface area contributed by atoms with E-state index < -0.39 is 0 Å². The van der Waals surface area contributed by atoms with Gasteiger partial charge in [-0.05, 0) is 92.0 Å². The Kier molecular flexibility index (Phi) is 6.24. The van der Waals surface area contributed by atoms with Gasteiger partial charge in [-0.15, -0.1) is 0 Å². The zero-order chi connectivity index (χ0) is 27.1. The van der Waals surface area contributed by atoms with Crippen molar-refractivity contribution in [2.45, 2.75) is 19.8 Å². The van der Waals surface area contributed by atoms with Crippen molar-refractivity contribution in [3.63, 3.8) is 0 Å². The van der Waals surface area contributed by atoms with Gasteiger partial charge in [-0.3, -0.25) is 15.0 Å². The Bertz CT molecular complexity index is 1810. The highest BCUT2D eigenvalue weighted by Crippen LogP contribution is 2.35. The van der Waals surface area contributed by atoms with Crippen LogP contribution in [-0.2, 0) is 0 Å². The molecule has 5 heterocycles. The number of fused-ring (bicyclic) bond motifs is 2. The van der Waals surface area contributed by atoms with Gasteiger partial charge >= 0.3 is 0 Å². The first-order valence-electron chi connectivity index (χ1n) is 13.7. The zero-order valence-electron chi connectivity index (χ0n) is 22.2. The summed E-state index contributed by atoms with van der Waals surface area (Å²) in [7, 11) is 0. The molecule has 1 saturated heterocycles. The molecule has 200 valence electrons. The normalized spacial score (nSPS) is 13.9. The van der Waals surface area contributed by atoms with E-state index in [2.05, 4.69) is 31.1 Å². The first kappa shape index (κ1) is 24.5. The molecule has 8 heteroatoms. The molecule has 1 fully saturated rings. The Morgan fingerprint density at radius 1 is 0.950 bits per heavy atom. The van der Waals surface area contributed by atoms with Crippen molar-refractivity contribution in [2.75, 3.05) is 26.2 Å². The third-order valence-corrected chi connectivity index (χ3v) is 7.56. The topological polar surface area (TPSA) is 82.7 Å². The van der Waals surface area contributed by atoms with E-state index >= 15 is 0 Å². The van der Waals surface area contributed by atoms with Gasteiger partial charge in [0.15, 0.2) is 0 Å². The quantitative estimate of drug-likeness (QED) is 0.237. The van der Waals surface area contributed by atoms with Crippen LogP contribution in [0, 0.1) is 12.7 Å². The van der Waals surface area contributed by atoms with E-state index in [1.807, 2.05) is 49.4 Å². The smallest absolute Gasteiger partial charge is 0.138 e. The third kappa shape index (κ3) is 4.71. The van der Waals surface area contributed by atoms with Crippen LogP contribution in [-0.4, -0.2) is 56.3 Å². The molecule has 0 spiro atoms. The standard InChI is InChI=1S/C32H29FN6O/c1-20-13-21(15-23(33)14-20)25-5-4-6-28-26(25)17-30(35-28)32-31-29(37-38-32)8-7-27(36-31)22-16-24(19-34-18-22)40-12-11-39-9-2-3-10-39/h4-8,13-19,35H,2-3,9-12H2,1H3,(H,37,38). The van der Waals surface area contributed by atoms with Crippen molar-refractivity contribution in [1.29, 1.82) is 0 Å². The van der Waals surface area contributed by atoms with Gasteiger partial charge in [-0.1, -0.05) is 18.2 Å². The molecule has 0 atom stereocenters. The van der Waals surface area contributed by atoms with Crippen molar-refractivity contribution < 1.29 is 9.13 Å². The summed E-state index contributed by atoms with van der Waals surface area (Å²) in [5.74, 6) is 0.495. The highest BCUT2D eigenvalue weighted by atomic mass is 19.1. The summed E-state index contributed by atoms with van der Waals surface area (Å²) in [4.78, 5) is 15.3. The number of aryl methyl sites for hydroxylation is 1. The van der Waals surface area contributed by atoms with Gasteiger partial charge in [-0.2, -0.15) is 5.10 Å². The summed E-state index contributed by atoms with van der Waals surface area (Å²) >= 11 is 0. The van der Waals surface area contributed by atoms with Crippen molar-refractivity contribution in [3.05, 3.63) is 84.4 Å². The molecule has 1 aliphatic heterocycles. The minimum Gasteiger partial charge on any atom is -0.491 e. The van der Waals surface area contributed by atoms with Crippen LogP contribution in [0.4, 0.5) is 4.39 Å². The van der Waals surface area contributed by atoms with Crippen molar-refractivity contribution in [2.24, 2.45) is 0 Å². The van der Waals surface area contributed by atoms with Crippen LogP contribution >= 0.6 is 0 Å². The Labute approximate surface area is 231 Å². The molecule has 7 nitrogen and oxygen atoms in total. The molecular formula is C32H29FN6O. The van der Waals surface area contributed by atoms with Crippen molar-refractivity contribution >= 4 is 21.9 Å². The van der Waals surface area contributed by atoms with Crippen molar-refractivity contribution in [3.8, 4) is 39.5 Å². The minimum atomic E-state index is -0.242. The lowest BCUT2D eigenvalue weighted by Crippen LogP contribution is -2.25. The molecular weight excluding hydrogens is 503 g/mol. The molecule has 7 rings (SSSR count). The molecule has 0 bridgehead atoms. The SMILES string of the molecule is Cc1cc(F)cc(-c2cccc3[nH]c(-c4n[nH]c5ccc(-c6cncc(OCCN7CCCC7)c6)nc45)cc23)c1. The summed E-state index contributed by atoms with van der Waals surface area (Å²) < 4.78 is 20.2. The zero-order valence-corrected chi connectivity index (χ0v) is 22.2. The number of benzene rings is 2. The van der Waals surface area contributed by atoms with E-state index in [9.17, 15) is 4.39 Å². The Morgan fingerprint density at radius 3 is 2.73 bits per heavy atom. The minimum absolute atomic E-state index is 0.242. The predicted octanol–water partition coefficient (Wildman–Crippen LogP) is 6.76. The van der Waals surface area contributed by atoms with Gasteiger partial charge in [0.05, 0.1) is 23.1 Å². The highest BCUT2D eigenvalue weighted by Gasteiger charge is 2.16. The number of pyridine rings is 2. The lowest BCUT2D eigenvalue weighted by atomic mass is 10.00. The number of rotatable bonds is 7. The van der Waals surface area contributed by atoms with E-state index in [0.29, 0.717) is 6.61 Å². The molecule has 40 heavy (non-hydrogen) atoms. The maximum absolute atomic E-state index is 14.2. The molecule has 0 aliphatic carbocycles. The largest absolute Gasteiger partial charge is 0.491 e. The Hall–Kier alpha value is -4.56. The number of halogens is 1. The number of hydrogen-bond acceptors (Lipinski definition) is 5. The van der Waals surface area contributed by atoms with E-state index in [1.54, 1.807) is 18.5 Å². The first-order valence-corrected chi connectivity index (χ1v) is 13.7. The molecule has 4 aromatic heterocycles. The number of nitrogens with zero attached hydrogens (tertiary/aromatic N) is 4. The Balaban J connectivity index is 1.21. The van der Waals surface area contributed by atoms with Gasteiger partial charge in [0.1, 0.15) is 29.4 Å². The third-order valence-electron chi connectivity index (χ3n) is 7.56. The van der Waals surface area contributed by atoms with Gasteiger partial charge < -0.3 is 9.72 Å². The van der Waals surface area contributed by atoms with E-state index in [4.69, 9.17) is 9.72 Å². The number of aromatic amines is 2. The molecule has 2 aromatic carbocycles. The fourth-order valence-electron chi connectivity index (χ4n) is 5.61. The summed E-state index contributed by atoms with van der Waals surface area (Å²) in [5.41, 5.74) is 8.46. The lowest BCUT2D eigenvalue weighted by molar-refractivity contribution is 0.237. The summed E-state index contributed by atoms with van der Waals surface area (Å²) in [6.45, 7) is 5.78. The average Bonchev–Trinajstić information content (AvgIpc) is 3.71. The second kappa shape index (κ2) is 10.2. The maximum atomic E-state index is 14.2. The second-order valence-corrected chi connectivity index (χ2v) is 10.4. The van der Waals surface area contributed by atoms with Gasteiger partial charge in [0.2, 0.25) is 0 Å². The van der Waals surface area contributed by atoms with Crippen LogP contribution in [0.15, 0.2) is 73.1 Å². The van der Waals surface area contributed by atoms with E-state index in [1.165, 1.54) is 18.9 Å². The molecule has 0 amide bonds. The van der Waals surface area contributed by atoms with Crippen LogP contribution in [0.3, 0.4) is 0 Å². The summed E-state index contributed by atoms with van der Waals surface area (Å²) in [6.07, 6.45) is 6.09. The molecule has 0 unspecified atom stereocenters. The number of hydrogen-bond donors (Lipinski definition) is 2. The predicted molar refractivity (Wildman–Crippen MR) is 156 cm³/mol. The molecule has 2 N–H and O–H groups in total. The lowest BCUT2D eigenvalue weighted by Gasteiger charge is -2.15. The maximum Gasteiger partial charge on any atom is 0.138 e. The van der Waals surface area contributed by atoms with Gasteiger partial charge in [-0.25, -0.2) is 9.37 Å². The van der Waals surface area contributed by atoms with Crippen LogP contribution < -0.4 is 4.74 Å². The fourth-order valence-corrected chi connectivity index (χ4v) is 5.61. The molecule has 1 aliphatic rings. The number of likely N-dealkylation sites (tertiary alicyclic amines) is 1. The molecule has 0 saturated carbocycles. The fraction of sp³-hybridized carbons (Fsp3) is 0.219. The first-order chi connectivity index (χ1) is 19.6. The number of H-pyrrole nitrogens is 2. The summed E-state index contributed by atoms with van der Waals surface area (Å²) in [6, 6.07) is 19.1. The molecule has 6 aromatic rings. The van der Waals surface area contributed by atoms with Crippen LogP contribution in [0.25, 0.3) is 55.7 Å². The number of ether oxygens (including phenoxy) is 1. The van der Waals surface area contributed by atoms with Crippen molar-refractivity contribution in [1.82, 2.24) is 30.0 Å². The van der Waals surface area contributed by atoms with Gasteiger partial charge in [0.25, 0.3) is 0 Å². The monoisotopic (exact) mass is 532 g/mol. The van der Waals surface area contributed by atoms with E-state index in [0.717, 1.165) is 86.7 Å². The Morgan fingerprint density at radius 2 is 1.85 bits per heavy atom. The average molecular weight is 533 g/mol. The number of nitrogens with one attached hydrogen (secondary N) is 2. The molecule has 0 radical (unpaired) electrons. The highest BCUT2D eigenvalue weighted by molar-refractivity contribution is 6.00. The second-order valence-electron chi connectivity index (χ2n) is 10.4. The summed E-state index contributed by atoms with van der Waals surface area (Å²) in [5, 5.41) is 8.71. The van der Waals surface area contributed by atoms with E-state index in [-0.39, 0.29) is 5.82 Å². The van der Waals surface area contributed by atoms with Crippen LogP contribution in [0.1, 0.15) is 18.4 Å².